The van der Waals surface area contributed by atoms with Crippen LogP contribution in [0.5, 0.6) is 0 Å². The lowest BCUT2D eigenvalue weighted by Gasteiger charge is -2.20. The van der Waals surface area contributed by atoms with Crippen molar-refractivity contribution in [1.82, 2.24) is 9.78 Å². The van der Waals surface area contributed by atoms with Gasteiger partial charge in [-0.05, 0) is 25.5 Å². The second-order valence-electron chi connectivity index (χ2n) is 5.07. The van der Waals surface area contributed by atoms with Gasteiger partial charge in [-0.15, -0.1) is 0 Å². The monoisotopic (exact) mass is 307 g/mol. The van der Waals surface area contributed by atoms with Crippen LogP contribution in [0.2, 0.25) is 0 Å². The fourth-order valence-electron chi connectivity index (χ4n) is 1.66. The Balaban J connectivity index is 2.46. The molecule has 0 aliphatic carbocycles. The summed E-state index contributed by atoms with van der Waals surface area (Å²) in [5.41, 5.74) is 5.45. The van der Waals surface area contributed by atoms with E-state index in [2.05, 4.69) is 11.2 Å². The number of hydrogen-bond acceptors (Lipinski definition) is 4. The number of primary sulfonamides is 1. The molecule has 1 heterocycles. The number of hydrogen-bond donors (Lipinski definition) is 2. The van der Waals surface area contributed by atoms with Crippen LogP contribution in [0.25, 0.3) is 11.1 Å². The summed E-state index contributed by atoms with van der Waals surface area (Å²) in [7, 11) is -3.83. The van der Waals surface area contributed by atoms with E-state index in [0.717, 1.165) is 0 Å². The van der Waals surface area contributed by atoms with Crippen LogP contribution < -0.4 is 10.9 Å². The van der Waals surface area contributed by atoms with Gasteiger partial charge in [-0.3, -0.25) is 9.48 Å². The van der Waals surface area contributed by atoms with Crippen LogP contribution in [0.1, 0.15) is 13.8 Å². The van der Waals surface area contributed by atoms with Crippen molar-refractivity contribution in [3.8, 4) is 11.1 Å². The van der Waals surface area contributed by atoms with E-state index in [-0.39, 0.29) is 4.90 Å². The Kier molecular flexibility index (Phi) is 3.60. The molecule has 111 valence electrons. The van der Waals surface area contributed by atoms with Gasteiger partial charge < -0.3 is 5.73 Å². The van der Waals surface area contributed by atoms with E-state index in [1.165, 1.54) is 16.9 Å². The van der Waals surface area contributed by atoms with Gasteiger partial charge in [0.25, 0.3) is 0 Å². The Bertz CT molecular complexity index is 793. The minimum atomic E-state index is -3.83. The number of carbonyl (C=O) groups is 1. The first-order valence-electron chi connectivity index (χ1n) is 6.03. The highest BCUT2D eigenvalue weighted by Gasteiger charge is 2.28. The quantitative estimate of drug-likeness (QED) is 0.839. The van der Waals surface area contributed by atoms with Crippen molar-refractivity contribution in [2.24, 2.45) is 10.9 Å². The van der Waals surface area contributed by atoms with E-state index < -0.39 is 21.5 Å². The standard InChI is InChI=1S/C13H15N4O3S/c1-13(2,12(14)18)17-8-10(7-16-17)9-4-3-5-11(6-9)21(15,19)20/h3-5,7-8H,1-2H3,(H2,14,18)(H2,15,19,20). The molecule has 0 spiro atoms. The molecule has 21 heavy (non-hydrogen) atoms. The third-order valence-corrected chi connectivity index (χ3v) is 4.00. The third-order valence-electron chi connectivity index (χ3n) is 3.14. The van der Waals surface area contributed by atoms with Crippen molar-refractivity contribution in [2.75, 3.05) is 0 Å². The summed E-state index contributed by atoms with van der Waals surface area (Å²) < 4.78 is 24.1. The van der Waals surface area contributed by atoms with Gasteiger partial charge >= 0.3 is 0 Å². The highest BCUT2D eigenvalue weighted by atomic mass is 32.2. The van der Waals surface area contributed by atoms with Crippen molar-refractivity contribution in [1.29, 1.82) is 0 Å². The molecule has 2 rings (SSSR count). The molecule has 0 unspecified atom stereocenters. The summed E-state index contributed by atoms with van der Waals surface area (Å²) in [5.74, 6) is -0.528. The summed E-state index contributed by atoms with van der Waals surface area (Å²) in [6.45, 7) is 3.27. The Morgan fingerprint density at radius 2 is 2.05 bits per heavy atom. The molecule has 0 aliphatic rings. The van der Waals surface area contributed by atoms with Gasteiger partial charge in [-0.2, -0.15) is 5.10 Å². The Morgan fingerprint density at radius 3 is 2.62 bits per heavy atom. The maximum atomic E-state index is 11.4. The van der Waals surface area contributed by atoms with Crippen molar-refractivity contribution >= 4 is 15.9 Å². The number of benzene rings is 1. The third kappa shape index (κ3) is 2.96. The predicted octanol–water partition coefficient (Wildman–Crippen LogP) is 0.218. The largest absolute Gasteiger partial charge is 0.368 e. The van der Waals surface area contributed by atoms with Gasteiger partial charge in [0.15, 0.2) is 0 Å². The highest BCUT2D eigenvalue weighted by Crippen LogP contribution is 2.23. The van der Waals surface area contributed by atoms with E-state index >= 15 is 0 Å². The molecule has 4 N–H and O–H groups in total. The van der Waals surface area contributed by atoms with E-state index in [0.29, 0.717) is 11.1 Å². The summed E-state index contributed by atoms with van der Waals surface area (Å²) >= 11 is 0. The van der Waals surface area contributed by atoms with Crippen LogP contribution in [0.3, 0.4) is 0 Å². The number of amides is 1. The number of aromatic nitrogens is 2. The Labute approximate surface area is 122 Å². The normalized spacial score (nSPS) is 12.3. The van der Waals surface area contributed by atoms with Crippen molar-refractivity contribution in [3.63, 3.8) is 0 Å². The first kappa shape index (κ1) is 15.2. The SMILES string of the molecule is CC(C)(C(N)=O)n1cc(-c2[c]c(S(N)(=O)=O)ccc2)cn1. The fourth-order valence-corrected chi connectivity index (χ4v) is 2.18. The maximum Gasteiger partial charge on any atom is 0.244 e. The molecule has 7 nitrogen and oxygen atoms in total. The van der Waals surface area contributed by atoms with Crippen molar-refractivity contribution < 1.29 is 13.2 Å². The van der Waals surface area contributed by atoms with Gasteiger partial charge in [0.05, 0.1) is 11.1 Å². The molecule has 1 radical (unpaired) electrons. The lowest BCUT2D eigenvalue weighted by molar-refractivity contribution is -0.125. The molecule has 0 atom stereocenters. The highest BCUT2D eigenvalue weighted by molar-refractivity contribution is 7.89. The summed E-state index contributed by atoms with van der Waals surface area (Å²) in [4.78, 5) is 11.3. The molecule has 1 aromatic heterocycles. The average molecular weight is 307 g/mol. The van der Waals surface area contributed by atoms with E-state index in [1.807, 2.05) is 0 Å². The minimum Gasteiger partial charge on any atom is -0.368 e. The Hall–Kier alpha value is -2.19. The number of primary amides is 1. The zero-order valence-corrected chi connectivity index (χ0v) is 12.4. The molecular formula is C13H15N4O3S. The second-order valence-corrected chi connectivity index (χ2v) is 6.60. The molecule has 1 aromatic carbocycles. The zero-order chi connectivity index (χ0) is 15.8. The summed E-state index contributed by atoms with van der Waals surface area (Å²) in [5, 5.41) is 9.17. The molecule has 0 saturated carbocycles. The molecular weight excluding hydrogens is 292 g/mol. The van der Waals surface area contributed by atoms with Crippen LogP contribution in [-0.4, -0.2) is 24.1 Å². The number of sulfonamides is 1. The summed E-state index contributed by atoms with van der Waals surface area (Å²) in [6, 6.07) is 7.30. The van der Waals surface area contributed by atoms with Crippen LogP contribution in [-0.2, 0) is 20.4 Å². The van der Waals surface area contributed by atoms with Crippen molar-refractivity contribution in [2.45, 2.75) is 24.3 Å². The zero-order valence-electron chi connectivity index (χ0n) is 11.6. The van der Waals surface area contributed by atoms with Gasteiger partial charge in [0.2, 0.25) is 15.9 Å². The van der Waals surface area contributed by atoms with Crippen LogP contribution in [0.4, 0.5) is 0 Å². The first-order chi connectivity index (χ1) is 9.62. The minimum absolute atomic E-state index is 0.109. The molecule has 0 aliphatic heterocycles. The smallest absolute Gasteiger partial charge is 0.244 e. The van der Waals surface area contributed by atoms with E-state index in [1.54, 1.807) is 32.2 Å². The van der Waals surface area contributed by atoms with Gasteiger partial charge in [-0.25, -0.2) is 13.6 Å². The van der Waals surface area contributed by atoms with E-state index in [9.17, 15) is 13.2 Å². The van der Waals surface area contributed by atoms with Crippen LogP contribution in [0.15, 0.2) is 35.5 Å². The topological polar surface area (TPSA) is 121 Å². The maximum absolute atomic E-state index is 11.4. The lowest BCUT2D eigenvalue weighted by atomic mass is 10.1. The second kappa shape index (κ2) is 4.97. The fraction of sp³-hybridized carbons (Fsp3) is 0.231. The van der Waals surface area contributed by atoms with Gasteiger partial charge in [-0.1, -0.05) is 12.1 Å². The molecule has 8 heteroatoms. The Morgan fingerprint density at radius 1 is 1.38 bits per heavy atom. The number of nitrogens with zero attached hydrogens (tertiary/aromatic N) is 2. The first-order valence-corrected chi connectivity index (χ1v) is 7.57. The predicted molar refractivity (Wildman–Crippen MR) is 76.4 cm³/mol. The molecule has 2 aromatic rings. The van der Waals surface area contributed by atoms with Crippen LogP contribution >= 0.6 is 0 Å². The number of nitrogens with two attached hydrogens (primary N) is 2. The molecule has 0 bridgehead atoms. The summed E-state index contributed by atoms with van der Waals surface area (Å²) in [6.07, 6.45) is 3.10. The van der Waals surface area contributed by atoms with E-state index in [4.69, 9.17) is 10.9 Å². The van der Waals surface area contributed by atoms with Gasteiger partial charge in [0, 0.05) is 17.8 Å². The lowest BCUT2D eigenvalue weighted by Crippen LogP contribution is -2.41. The molecule has 0 fully saturated rings. The molecule has 1 amide bonds. The van der Waals surface area contributed by atoms with Gasteiger partial charge in [0.1, 0.15) is 5.54 Å². The van der Waals surface area contributed by atoms with Crippen molar-refractivity contribution in [3.05, 3.63) is 36.7 Å². The van der Waals surface area contributed by atoms with Crippen LogP contribution in [0, 0.1) is 6.07 Å². The molecule has 0 saturated heterocycles. The average Bonchev–Trinajstić information content (AvgIpc) is 2.88. The number of carbonyl (C=O) groups excluding carboxylic acids is 1. The number of rotatable bonds is 4.